The van der Waals surface area contributed by atoms with Gasteiger partial charge in [-0.05, 0) is 56.3 Å². The number of hydrogen-bond donors (Lipinski definition) is 1. The van der Waals surface area contributed by atoms with E-state index in [-0.39, 0.29) is 10.8 Å². The number of hydrogen-bond acceptors (Lipinski definition) is 7. The van der Waals surface area contributed by atoms with E-state index in [1.807, 2.05) is 38.1 Å². The number of ether oxygens (including phenoxy) is 1. The zero-order chi connectivity index (χ0) is 23.9. The predicted octanol–water partition coefficient (Wildman–Crippen LogP) is 5.58. The molecule has 172 valence electrons. The summed E-state index contributed by atoms with van der Waals surface area (Å²) in [7, 11) is -2.27. The van der Waals surface area contributed by atoms with Gasteiger partial charge < -0.3 is 13.7 Å². The molecule has 3 aromatic carbocycles. The molecular weight excluding hydrogens is 454 g/mol. The zero-order valence-corrected chi connectivity index (χ0v) is 19.5. The normalized spacial score (nSPS) is 11.6. The summed E-state index contributed by atoms with van der Waals surface area (Å²) in [5.74, 6) is 1.71. The second-order valence-corrected chi connectivity index (χ2v) is 9.52. The summed E-state index contributed by atoms with van der Waals surface area (Å²) in [5.41, 5.74) is 3.61. The van der Waals surface area contributed by atoms with E-state index in [1.54, 1.807) is 43.5 Å². The van der Waals surface area contributed by atoms with Crippen LogP contribution in [0.2, 0.25) is 0 Å². The summed E-state index contributed by atoms with van der Waals surface area (Å²) in [6.07, 6.45) is 0. The molecule has 0 spiro atoms. The van der Waals surface area contributed by atoms with Crippen molar-refractivity contribution in [2.24, 2.45) is 0 Å². The number of aryl methyl sites for hydroxylation is 2. The number of nitrogens with one attached hydrogen (secondary N) is 1. The van der Waals surface area contributed by atoms with Gasteiger partial charge in [-0.1, -0.05) is 35.0 Å². The number of nitrogens with zero attached hydrogens (tertiary/aromatic N) is 2. The van der Waals surface area contributed by atoms with Gasteiger partial charge in [-0.15, -0.1) is 0 Å². The van der Waals surface area contributed by atoms with Crippen molar-refractivity contribution in [1.82, 2.24) is 10.1 Å². The van der Waals surface area contributed by atoms with Gasteiger partial charge in [0.15, 0.2) is 5.76 Å². The lowest BCUT2D eigenvalue weighted by atomic mass is 10.1. The van der Waals surface area contributed by atoms with E-state index >= 15 is 0 Å². The van der Waals surface area contributed by atoms with E-state index in [1.165, 1.54) is 6.07 Å². The van der Waals surface area contributed by atoms with Crippen molar-refractivity contribution < 1.29 is 22.1 Å². The van der Waals surface area contributed by atoms with Gasteiger partial charge in [-0.2, -0.15) is 4.98 Å². The minimum absolute atomic E-state index is 0.108. The lowest BCUT2D eigenvalue weighted by molar-refractivity contribution is 0.415. The third kappa shape index (κ3) is 4.01. The first-order valence-corrected chi connectivity index (χ1v) is 11.9. The Hall–Kier alpha value is -4.11. The first-order valence-electron chi connectivity index (χ1n) is 10.5. The summed E-state index contributed by atoms with van der Waals surface area (Å²) in [6, 6.07) is 19.1. The number of furan rings is 1. The van der Waals surface area contributed by atoms with Crippen LogP contribution in [0.25, 0.3) is 34.0 Å². The second-order valence-electron chi connectivity index (χ2n) is 7.84. The van der Waals surface area contributed by atoms with Crippen LogP contribution >= 0.6 is 0 Å². The molecule has 8 nitrogen and oxygen atoms in total. The lowest BCUT2D eigenvalue weighted by Crippen LogP contribution is -2.12. The highest BCUT2D eigenvalue weighted by Crippen LogP contribution is 2.34. The highest BCUT2D eigenvalue weighted by molar-refractivity contribution is 7.92. The number of benzene rings is 3. The largest absolute Gasteiger partial charge is 0.497 e. The predicted molar refractivity (Wildman–Crippen MR) is 128 cm³/mol. The van der Waals surface area contributed by atoms with Crippen LogP contribution in [-0.4, -0.2) is 25.7 Å². The molecule has 0 saturated heterocycles. The minimum Gasteiger partial charge on any atom is -0.497 e. The first kappa shape index (κ1) is 21.7. The zero-order valence-electron chi connectivity index (χ0n) is 18.7. The van der Waals surface area contributed by atoms with Gasteiger partial charge in [-0.25, -0.2) is 8.42 Å². The van der Waals surface area contributed by atoms with Crippen LogP contribution in [0.15, 0.2) is 80.6 Å². The fourth-order valence-electron chi connectivity index (χ4n) is 3.58. The molecule has 9 heteroatoms. The molecule has 0 saturated carbocycles. The molecule has 0 aliphatic carbocycles. The third-order valence-corrected chi connectivity index (χ3v) is 6.87. The SMILES string of the molecule is COc1ccc(NS(=O)(=O)c2ccc3oc(-c4nc(-c5ccc(C)cc5)no4)c(C)c3c2)cc1. The molecule has 0 aliphatic heterocycles. The minimum atomic E-state index is -3.82. The van der Waals surface area contributed by atoms with Crippen LogP contribution in [0, 0.1) is 13.8 Å². The van der Waals surface area contributed by atoms with Gasteiger partial charge in [0.1, 0.15) is 11.3 Å². The van der Waals surface area contributed by atoms with Gasteiger partial charge in [0.05, 0.1) is 12.0 Å². The van der Waals surface area contributed by atoms with Gasteiger partial charge >= 0.3 is 0 Å². The summed E-state index contributed by atoms with van der Waals surface area (Å²) in [4.78, 5) is 4.57. The van der Waals surface area contributed by atoms with Gasteiger partial charge in [0, 0.05) is 22.2 Å². The van der Waals surface area contributed by atoms with Crippen molar-refractivity contribution in [3.8, 4) is 28.8 Å². The lowest BCUT2D eigenvalue weighted by Gasteiger charge is -2.09. The van der Waals surface area contributed by atoms with Gasteiger partial charge in [-0.3, -0.25) is 4.72 Å². The van der Waals surface area contributed by atoms with Crippen LogP contribution < -0.4 is 9.46 Å². The number of rotatable bonds is 6. The average molecular weight is 476 g/mol. The van der Waals surface area contributed by atoms with E-state index in [0.717, 1.165) is 11.1 Å². The molecule has 5 rings (SSSR count). The number of methoxy groups -OCH3 is 1. The van der Waals surface area contributed by atoms with Crippen molar-refractivity contribution in [2.75, 3.05) is 11.8 Å². The first-order chi connectivity index (χ1) is 16.3. The van der Waals surface area contributed by atoms with Crippen molar-refractivity contribution in [2.45, 2.75) is 18.7 Å². The number of sulfonamides is 1. The Morgan fingerprint density at radius 2 is 1.68 bits per heavy atom. The Bertz CT molecular complexity index is 1580. The molecule has 2 aromatic heterocycles. The molecule has 2 heterocycles. The summed E-state index contributed by atoms with van der Waals surface area (Å²) < 4.78 is 45.0. The highest BCUT2D eigenvalue weighted by atomic mass is 32.2. The Balaban J connectivity index is 1.47. The van der Waals surface area contributed by atoms with E-state index < -0.39 is 10.0 Å². The van der Waals surface area contributed by atoms with E-state index in [2.05, 4.69) is 14.9 Å². The standard InChI is InChI=1S/C25H21N3O5S/c1-15-4-6-17(7-5-15)24-26-25(33-27-24)23-16(2)21-14-20(12-13-22(21)32-23)34(29,30)28-18-8-10-19(31-3)11-9-18/h4-14,28H,1-3H3. The molecule has 0 amide bonds. The molecule has 34 heavy (non-hydrogen) atoms. The van der Waals surface area contributed by atoms with Crippen molar-refractivity contribution in [1.29, 1.82) is 0 Å². The Morgan fingerprint density at radius 1 is 0.941 bits per heavy atom. The Kier molecular flexibility index (Phi) is 5.33. The molecule has 5 aromatic rings. The summed E-state index contributed by atoms with van der Waals surface area (Å²) >= 11 is 0. The van der Waals surface area contributed by atoms with Crippen LogP contribution in [0.3, 0.4) is 0 Å². The van der Waals surface area contributed by atoms with Crippen LogP contribution in [-0.2, 0) is 10.0 Å². The molecular formula is C25H21N3O5S. The fraction of sp³-hybridized carbons (Fsp3) is 0.120. The van der Waals surface area contributed by atoms with E-state index in [4.69, 9.17) is 13.7 Å². The smallest absolute Gasteiger partial charge is 0.294 e. The maximum absolute atomic E-state index is 13.0. The fourth-order valence-corrected chi connectivity index (χ4v) is 4.66. The summed E-state index contributed by atoms with van der Waals surface area (Å²) in [5, 5.41) is 4.70. The molecule has 0 unspecified atom stereocenters. The second kappa shape index (κ2) is 8.35. The van der Waals surface area contributed by atoms with Crippen molar-refractivity contribution in [3.63, 3.8) is 0 Å². The number of anilines is 1. The average Bonchev–Trinajstić information content (AvgIpc) is 3.44. The summed E-state index contributed by atoms with van der Waals surface area (Å²) in [6.45, 7) is 3.83. The molecule has 0 fully saturated rings. The molecule has 1 N–H and O–H groups in total. The molecule has 0 aliphatic rings. The maximum atomic E-state index is 13.0. The van der Waals surface area contributed by atoms with E-state index in [9.17, 15) is 8.42 Å². The number of fused-ring (bicyclic) bond motifs is 1. The molecule has 0 atom stereocenters. The van der Waals surface area contributed by atoms with Crippen molar-refractivity contribution >= 4 is 26.7 Å². The van der Waals surface area contributed by atoms with Gasteiger partial charge in [0.25, 0.3) is 15.9 Å². The Labute approximate surface area is 196 Å². The monoisotopic (exact) mass is 475 g/mol. The van der Waals surface area contributed by atoms with Crippen LogP contribution in [0.1, 0.15) is 11.1 Å². The van der Waals surface area contributed by atoms with Crippen LogP contribution in [0.4, 0.5) is 5.69 Å². The number of aromatic nitrogens is 2. The Morgan fingerprint density at radius 3 is 2.38 bits per heavy atom. The third-order valence-electron chi connectivity index (χ3n) is 5.49. The van der Waals surface area contributed by atoms with Gasteiger partial charge in [0.2, 0.25) is 5.82 Å². The quantitative estimate of drug-likeness (QED) is 0.342. The topological polar surface area (TPSA) is 107 Å². The maximum Gasteiger partial charge on any atom is 0.294 e. The van der Waals surface area contributed by atoms with Crippen molar-refractivity contribution in [3.05, 3.63) is 77.9 Å². The van der Waals surface area contributed by atoms with Crippen LogP contribution in [0.5, 0.6) is 5.75 Å². The molecule has 0 radical (unpaired) electrons. The van der Waals surface area contributed by atoms with E-state index in [0.29, 0.717) is 39.6 Å². The molecule has 0 bridgehead atoms. The highest BCUT2D eigenvalue weighted by Gasteiger charge is 2.22.